The van der Waals surface area contributed by atoms with Crippen LogP contribution in [0.4, 0.5) is 0 Å². The molecule has 1 rings (SSSR count). The van der Waals surface area contributed by atoms with E-state index in [2.05, 4.69) is 6.92 Å². The van der Waals surface area contributed by atoms with E-state index in [1.165, 1.54) is 6.26 Å². The highest BCUT2D eigenvalue weighted by molar-refractivity contribution is 7.88. The number of piperidine rings is 1. The van der Waals surface area contributed by atoms with Gasteiger partial charge in [0, 0.05) is 18.5 Å². The maximum Gasteiger partial charge on any atom is 0.211 e. The highest BCUT2D eigenvalue weighted by atomic mass is 35.5. The predicted octanol–water partition coefficient (Wildman–Crippen LogP) is 2.85. The molecule has 0 bridgehead atoms. The summed E-state index contributed by atoms with van der Waals surface area (Å²) in [5.41, 5.74) is 0. The second kappa shape index (κ2) is 6.95. The van der Waals surface area contributed by atoms with Crippen LogP contribution in [0.15, 0.2) is 0 Å². The Labute approximate surface area is 111 Å². The van der Waals surface area contributed by atoms with Crippen molar-refractivity contribution in [1.82, 2.24) is 4.31 Å². The Morgan fingerprint density at radius 2 is 2.12 bits per heavy atom. The highest BCUT2D eigenvalue weighted by Crippen LogP contribution is 2.25. The minimum Gasteiger partial charge on any atom is -0.213 e. The van der Waals surface area contributed by atoms with Crippen LogP contribution in [0.2, 0.25) is 0 Å². The van der Waals surface area contributed by atoms with Gasteiger partial charge in [-0.2, -0.15) is 0 Å². The minimum atomic E-state index is -3.01. The van der Waals surface area contributed by atoms with Gasteiger partial charge in [-0.05, 0) is 38.0 Å². The summed E-state index contributed by atoms with van der Waals surface area (Å²) in [6.45, 7) is 3.52. The standard InChI is InChI=1S/C12H24ClNO2S/c1-3-5-12(13)8-7-11-6-4-9-14(10-11)17(2,15)16/h11-12H,3-10H2,1-2H3. The first-order chi connectivity index (χ1) is 7.93. The molecule has 102 valence electrons. The lowest BCUT2D eigenvalue weighted by molar-refractivity contribution is 0.253. The number of hydrogen-bond donors (Lipinski definition) is 0. The number of sulfonamides is 1. The van der Waals surface area contributed by atoms with Crippen molar-refractivity contribution in [2.45, 2.75) is 50.8 Å². The Bertz CT molecular complexity index is 318. The van der Waals surface area contributed by atoms with Gasteiger partial charge in [-0.3, -0.25) is 0 Å². The Kier molecular flexibility index (Phi) is 6.24. The summed E-state index contributed by atoms with van der Waals surface area (Å²) in [7, 11) is -3.01. The number of nitrogens with zero attached hydrogens (tertiary/aromatic N) is 1. The van der Waals surface area contributed by atoms with E-state index in [4.69, 9.17) is 11.6 Å². The second-order valence-electron chi connectivity index (χ2n) is 5.09. The van der Waals surface area contributed by atoms with E-state index in [-0.39, 0.29) is 5.38 Å². The molecule has 1 saturated heterocycles. The Morgan fingerprint density at radius 3 is 2.71 bits per heavy atom. The summed E-state index contributed by atoms with van der Waals surface area (Å²) in [5, 5.41) is 0.258. The van der Waals surface area contributed by atoms with Crippen molar-refractivity contribution >= 4 is 21.6 Å². The summed E-state index contributed by atoms with van der Waals surface area (Å²) in [4.78, 5) is 0. The average Bonchev–Trinajstić information content (AvgIpc) is 2.26. The van der Waals surface area contributed by atoms with Crippen LogP contribution in [0, 0.1) is 5.92 Å². The molecule has 0 N–H and O–H groups in total. The summed E-state index contributed by atoms with van der Waals surface area (Å²) in [6, 6.07) is 0. The largest absolute Gasteiger partial charge is 0.213 e. The number of rotatable bonds is 6. The molecule has 1 fully saturated rings. The fourth-order valence-corrected chi connectivity index (χ4v) is 3.72. The maximum absolute atomic E-state index is 11.5. The Morgan fingerprint density at radius 1 is 1.41 bits per heavy atom. The SMILES string of the molecule is CCCC(Cl)CCC1CCCN(S(C)(=O)=O)C1. The van der Waals surface area contributed by atoms with Gasteiger partial charge in [0.2, 0.25) is 10.0 Å². The smallest absolute Gasteiger partial charge is 0.211 e. The molecule has 1 aliphatic rings. The molecule has 0 radical (unpaired) electrons. The zero-order valence-corrected chi connectivity index (χ0v) is 12.4. The molecule has 0 aliphatic carbocycles. The lowest BCUT2D eigenvalue weighted by Crippen LogP contribution is -2.39. The molecule has 0 aromatic heterocycles. The molecule has 5 heteroatoms. The van der Waals surface area contributed by atoms with Gasteiger partial charge in [0.15, 0.2) is 0 Å². The molecule has 2 unspecified atom stereocenters. The molecule has 0 aromatic carbocycles. The summed E-state index contributed by atoms with van der Waals surface area (Å²) in [6.07, 6.45) is 7.67. The zero-order valence-electron chi connectivity index (χ0n) is 10.9. The average molecular weight is 282 g/mol. The van der Waals surface area contributed by atoms with Gasteiger partial charge < -0.3 is 0 Å². The maximum atomic E-state index is 11.5. The van der Waals surface area contributed by atoms with Gasteiger partial charge >= 0.3 is 0 Å². The van der Waals surface area contributed by atoms with E-state index >= 15 is 0 Å². The topological polar surface area (TPSA) is 37.4 Å². The summed E-state index contributed by atoms with van der Waals surface area (Å²) in [5.74, 6) is 0.497. The molecule has 1 heterocycles. The third-order valence-electron chi connectivity index (χ3n) is 3.44. The van der Waals surface area contributed by atoms with Crippen LogP contribution in [0.3, 0.4) is 0 Å². The van der Waals surface area contributed by atoms with Crippen LogP contribution in [0.1, 0.15) is 45.4 Å². The molecular formula is C12H24ClNO2S. The number of halogens is 1. The molecule has 0 amide bonds. The zero-order chi connectivity index (χ0) is 12.9. The van der Waals surface area contributed by atoms with Crippen molar-refractivity contribution in [3.63, 3.8) is 0 Å². The molecule has 0 saturated carbocycles. The lowest BCUT2D eigenvalue weighted by Gasteiger charge is -2.31. The molecule has 0 aromatic rings. The van der Waals surface area contributed by atoms with Crippen LogP contribution in [0.25, 0.3) is 0 Å². The van der Waals surface area contributed by atoms with Crippen molar-refractivity contribution in [3.8, 4) is 0 Å². The molecule has 3 nitrogen and oxygen atoms in total. The van der Waals surface area contributed by atoms with Crippen molar-refractivity contribution < 1.29 is 8.42 Å². The van der Waals surface area contributed by atoms with Crippen LogP contribution >= 0.6 is 11.6 Å². The quantitative estimate of drug-likeness (QED) is 0.702. The predicted molar refractivity (Wildman–Crippen MR) is 72.9 cm³/mol. The monoisotopic (exact) mass is 281 g/mol. The van der Waals surface area contributed by atoms with Gasteiger partial charge in [0.1, 0.15) is 0 Å². The van der Waals surface area contributed by atoms with Crippen molar-refractivity contribution in [3.05, 3.63) is 0 Å². The van der Waals surface area contributed by atoms with Gasteiger partial charge in [0.05, 0.1) is 6.26 Å². The van der Waals surface area contributed by atoms with E-state index in [0.717, 1.165) is 38.5 Å². The molecule has 2 atom stereocenters. The van der Waals surface area contributed by atoms with E-state index in [9.17, 15) is 8.42 Å². The van der Waals surface area contributed by atoms with Gasteiger partial charge in [-0.25, -0.2) is 12.7 Å². The normalized spacial score (nSPS) is 24.8. The van der Waals surface area contributed by atoms with Crippen LogP contribution in [-0.2, 0) is 10.0 Å². The molecule has 1 aliphatic heterocycles. The van der Waals surface area contributed by atoms with Gasteiger partial charge in [0.25, 0.3) is 0 Å². The van der Waals surface area contributed by atoms with Crippen LogP contribution < -0.4 is 0 Å². The third-order valence-corrected chi connectivity index (χ3v) is 5.15. The van der Waals surface area contributed by atoms with Crippen molar-refractivity contribution in [1.29, 1.82) is 0 Å². The first-order valence-electron chi connectivity index (χ1n) is 6.52. The van der Waals surface area contributed by atoms with Crippen molar-refractivity contribution in [2.75, 3.05) is 19.3 Å². The third kappa shape index (κ3) is 5.58. The first-order valence-corrected chi connectivity index (χ1v) is 8.81. The van der Waals surface area contributed by atoms with E-state index in [1.807, 2.05) is 0 Å². The van der Waals surface area contributed by atoms with E-state index in [1.54, 1.807) is 4.31 Å². The first kappa shape index (κ1) is 15.3. The minimum absolute atomic E-state index is 0.258. The van der Waals surface area contributed by atoms with E-state index < -0.39 is 10.0 Å². The fraction of sp³-hybridized carbons (Fsp3) is 1.00. The second-order valence-corrected chi connectivity index (χ2v) is 7.69. The van der Waals surface area contributed by atoms with Crippen LogP contribution in [-0.4, -0.2) is 37.4 Å². The van der Waals surface area contributed by atoms with Crippen molar-refractivity contribution in [2.24, 2.45) is 5.92 Å². The van der Waals surface area contributed by atoms with Gasteiger partial charge in [-0.1, -0.05) is 13.3 Å². The van der Waals surface area contributed by atoms with Gasteiger partial charge in [-0.15, -0.1) is 11.6 Å². The fourth-order valence-electron chi connectivity index (χ4n) is 2.44. The Balaban J connectivity index is 2.35. The molecular weight excluding hydrogens is 258 g/mol. The Hall–Kier alpha value is 0.200. The van der Waals surface area contributed by atoms with E-state index in [0.29, 0.717) is 19.0 Å². The molecule has 17 heavy (non-hydrogen) atoms. The lowest BCUT2D eigenvalue weighted by atomic mass is 9.93. The number of hydrogen-bond acceptors (Lipinski definition) is 2. The van der Waals surface area contributed by atoms with Crippen LogP contribution in [0.5, 0.6) is 0 Å². The highest BCUT2D eigenvalue weighted by Gasteiger charge is 2.25. The number of alkyl halides is 1. The molecule has 0 spiro atoms. The summed E-state index contributed by atoms with van der Waals surface area (Å²) < 4.78 is 24.6. The summed E-state index contributed by atoms with van der Waals surface area (Å²) >= 11 is 6.19.